The Morgan fingerprint density at radius 1 is 1.33 bits per heavy atom. The van der Waals surface area contributed by atoms with Gasteiger partial charge in [-0.2, -0.15) is 0 Å². The molecular formula is C17H30IN5S. The van der Waals surface area contributed by atoms with Gasteiger partial charge in [0.1, 0.15) is 0 Å². The smallest absolute Gasteiger partial charge is 0.194 e. The molecule has 0 radical (unpaired) electrons. The van der Waals surface area contributed by atoms with Gasteiger partial charge in [-0.05, 0) is 38.8 Å². The average molecular weight is 463 g/mol. The molecule has 0 aromatic carbocycles. The summed E-state index contributed by atoms with van der Waals surface area (Å²) in [7, 11) is 1.88. The summed E-state index contributed by atoms with van der Waals surface area (Å²) in [4.78, 5) is 14.2. The van der Waals surface area contributed by atoms with E-state index >= 15 is 0 Å². The molecule has 24 heavy (non-hydrogen) atoms. The highest BCUT2D eigenvalue weighted by Gasteiger charge is 2.29. The number of nitrogens with one attached hydrogen (secondary N) is 1. The van der Waals surface area contributed by atoms with Gasteiger partial charge in [-0.15, -0.1) is 35.3 Å². The zero-order valence-electron chi connectivity index (χ0n) is 14.8. The van der Waals surface area contributed by atoms with Gasteiger partial charge in [0, 0.05) is 31.6 Å². The minimum Gasteiger partial charge on any atom is -0.351 e. The van der Waals surface area contributed by atoms with Crippen LogP contribution < -0.4 is 5.32 Å². The quantitative estimate of drug-likeness (QED) is 0.424. The van der Waals surface area contributed by atoms with Crippen molar-refractivity contribution in [1.82, 2.24) is 20.1 Å². The largest absolute Gasteiger partial charge is 0.351 e. The van der Waals surface area contributed by atoms with Crippen molar-refractivity contribution in [3.63, 3.8) is 0 Å². The summed E-state index contributed by atoms with van der Waals surface area (Å²) in [5, 5.41) is 6.85. The van der Waals surface area contributed by atoms with Gasteiger partial charge in [0.15, 0.2) is 5.96 Å². The summed E-state index contributed by atoms with van der Waals surface area (Å²) in [6.45, 7) is 7.70. The van der Waals surface area contributed by atoms with Crippen molar-refractivity contribution in [3.8, 4) is 0 Å². The van der Waals surface area contributed by atoms with Gasteiger partial charge in [-0.25, -0.2) is 4.98 Å². The molecule has 2 fully saturated rings. The lowest BCUT2D eigenvalue weighted by Crippen LogP contribution is -2.44. The Labute approximate surface area is 166 Å². The van der Waals surface area contributed by atoms with Gasteiger partial charge < -0.3 is 10.2 Å². The SMILES string of the molecule is CCc1nc(CNC(=NC)N2CCC(N3CCCCC3)C2)cs1.I. The summed E-state index contributed by atoms with van der Waals surface area (Å²) in [6.07, 6.45) is 6.42. The second-order valence-corrected chi connectivity index (χ2v) is 7.41. The van der Waals surface area contributed by atoms with E-state index < -0.39 is 0 Å². The predicted molar refractivity (Wildman–Crippen MR) is 113 cm³/mol. The van der Waals surface area contributed by atoms with Crippen molar-refractivity contribution in [1.29, 1.82) is 0 Å². The van der Waals surface area contributed by atoms with Crippen LogP contribution in [-0.2, 0) is 13.0 Å². The molecule has 1 N–H and O–H groups in total. The molecule has 1 atom stereocenters. The maximum Gasteiger partial charge on any atom is 0.194 e. The van der Waals surface area contributed by atoms with Crippen LogP contribution in [0.3, 0.4) is 0 Å². The summed E-state index contributed by atoms with van der Waals surface area (Å²) < 4.78 is 0. The molecule has 0 aliphatic carbocycles. The van der Waals surface area contributed by atoms with Crippen LogP contribution in [0.25, 0.3) is 0 Å². The fourth-order valence-electron chi connectivity index (χ4n) is 3.61. The van der Waals surface area contributed by atoms with Crippen molar-refractivity contribution >= 4 is 41.3 Å². The first-order chi connectivity index (χ1) is 11.3. The van der Waals surface area contributed by atoms with Gasteiger partial charge in [0.2, 0.25) is 0 Å². The molecule has 2 saturated heterocycles. The van der Waals surface area contributed by atoms with Crippen molar-refractivity contribution < 1.29 is 0 Å². The van der Waals surface area contributed by atoms with Gasteiger partial charge >= 0.3 is 0 Å². The minimum atomic E-state index is 0. The molecule has 0 saturated carbocycles. The van der Waals surface area contributed by atoms with Crippen molar-refractivity contribution in [2.75, 3.05) is 33.2 Å². The van der Waals surface area contributed by atoms with Crippen LogP contribution in [0.4, 0.5) is 0 Å². The van der Waals surface area contributed by atoms with E-state index in [-0.39, 0.29) is 24.0 Å². The average Bonchev–Trinajstić information content (AvgIpc) is 3.26. The molecule has 2 aliphatic rings. The Morgan fingerprint density at radius 2 is 2.12 bits per heavy atom. The lowest BCUT2D eigenvalue weighted by atomic mass is 10.1. The van der Waals surface area contributed by atoms with E-state index in [1.165, 1.54) is 43.8 Å². The Hall–Kier alpha value is -0.410. The summed E-state index contributed by atoms with van der Waals surface area (Å²) in [5.74, 6) is 1.02. The molecule has 1 aromatic rings. The van der Waals surface area contributed by atoms with Crippen LogP contribution in [0, 0.1) is 0 Å². The van der Waals surface area contributed by atoms with Crippen LogP contribution >= 0.6 is 35.3 Å². The third kappa shape index (κ3) is 5.05. The highest BCUT2D eigenvalue weighted by Crippen LogP contribution is 2.20. The Kier molecular flexibility index (Phi) is 8.22. The maximum atomic E-state index is 4.62. The van der Waals surface area contributed by atoms with E-state index in [9.17, 15) is 0 Å². The fraction of sp³-hybridized carbons (Fsp3) is 0.765. The highest BCUT2D eigenvalue weighted by atomic mass is 127. The number of aromatic nitrogens is 1. The van der Waals surface area contributed by atoms with Crippen molar-refractivity contribution in [3.05, 3.63) is 16.1 Å². The van der Waals surface area contributed by atoms with Crippen LogP contribution in [0.2, 0.25) is 0 Å². The maximum absolute atomic E-state index is 4.62. The van der Waals surface area contributed by atoms with Crippen molar-refractivity contribution in [2.24, 2.45) is 4.99 Å². The van der Waals surface area contributed by atoms with Crippen LogP contribution in [0.15, 0.2) is 10.4 Å². The fourth-order valence-corrected chi connectivity index (χ4v) is 4.35. The molecule has 5 nitrogen and oxygen atoms in total. The molecule has 7 heteroatoms. The lowest BCUT2D eigenvalue weighted by Gasteiger charge is -2.32. The standard InChI is InChI=1S/C17H29N5S.HI/c1-3-16-20-14(13-23-16)11-19-17(18-2)22-10-7-15(12-22)21-8-5-4-6-9-21;/h13,15H,3-12H2,1-2H3,(H,18,19);1H. The number of likely N-dealkylation sites (tertiary alicyclic amines) is 2. The molecule has 1 unspecified atom stereocenters. The number of hydrogen-bond acceptors (Lipinski definition) is 4. The molecule has 0 spiro atoms. The Morgan fingerprint density at radius 3 is 2.79 bits per heavy atom. The van der Waals surface area contributed by atoms with E-state index in [1.54, 1.807) is 11.3 Å². The number of guanidine groups is 1. The Balaban J connectivity index is 0.00000208. The highest BCUT2D eigenvalue weighted by molar-refractivity contribution is 14.0. The monoisotopic (exact) mass is 463 g/mol. The summed E-state index contributed by atoms with van der Waals surface area (Å²) in [6, 6.07) is 0.708. The molecule has 3 rings (SSSR count). The van der Waals surface area contributed by atoms with E-state index in [4.69, 9.17) is 0 Å². The second-order valence-electron chi connectivity index (χ2n) is 6.47. The first-order valence-corrected chi connectivity index (χ1v) is 9.81. The zero-order chi connectivity index (χ0) is 16.1. The van der Waals surface area contributed by atoms with Crippen molar-refractivity contribution in [2.45, 2.75) is 51.6 Å². The topological polar surface area (TPSA) is 43.8 Å². The molecule has 1 aromatic heterocycles. The number of aliphatic imine (C=N–C) groups is 1. The molecule has 2 aliphatic heterocycles. The van der Waals surface area contributed by atoms with Crippen LogP contribution in [0.5, 0.6) is 0 Å². The first kappa shape index (κ1) is 19.9. The molecular weight excluding hydrogens is 433 g/mol. The second kappa shape index (κ2) is 9.91. The molecule has 0 bridgehead atoms. The third-order valence-electron chi connectivity index (χ3n) is 4.91. The number of hydrogen-bond donors (Lipinski definition) is 1. The van der Waals surface area contributed by atoms with E-state index in [0.29, 0.717) is 6.04 Å². The normalized spacial score (nSPS) is 22.5. The number of rotatable bonds is 4. The number of halogens is 1. The third-order valence-corrected chi connectivity index (χ3v) is 5.95. The molecule has 0 amide bonds. The minimum absolute atomic E-state index is 0. The van der Waals surface area contributed by atoms with Crippen LogP contribution in [0.1, 0.15) is 43.3 Å². The summed E-state index contributed by atoms with van der Waals surface area (Å²) >= 11 is 1.75. The zero-order valence-corrected chi connectivity index (χ0v) is 18.0. The van der Waals surface area contributed by atoms with E-state index in [2.05, 4.69) is 37.4 Å². The predicted octanol–water partition coefficient (Wildman–Crippen LogP) is 2.96. The number of nitrogens with zero attached hydrogens (tertiary/aromatic N) is 4. The lowest BCUT2D eigenvalue weighted by molar-refractivity contribution is 0.168. The number of aryl methyl sites for hydroxylation is 1. The van der Waals surface area contributed by atoms with Gasteiger partial charge in [0.05, 0.1) is 17.2 Å². The summed E-state index contributed by atoms with van der Waals surface area (Å²) in [5.41, 5.74) is 1.12. The Bertz CT molecular complexity index is 527. The molecule has 3 heterocycles. The van der Waals surface area contributed by atoms with Gasteiger partial charge in [0.25, 0.3) is 0 Å². The van der Waals surface area contributed by atoms with E-state index in [1.807, 2.05) is 7.05 Å². The van der Waals surface area contributed by atoms with Gasteiger partial charge in [-0.1, -0.05) is 13.3 Å². The molecule has 136 valence electrons. The van der Waals surface area contributed by atoms with Gasteiger partial charge in [-0.3, -0.25) is 9.89 Å². The van der Waals surface area contributed by atoms with Crippen LogP contribution in [-0.4, -0.2) is 60.0 Å². The van der Waals surface area contributed by atoms with E-state index in [0.717, 1.165) is 37.7 Å². The first-order valence-electron chi connectivity index (χ1n) is 8.93. The number of thiazole rings is 1. The number of piperidine rings is 1.